The van der Waals surface area contributed by atoms with Crippen LogP contribution in [0.1, 0.15) is 33.1 Å². The Kier molecular flexibility index (Phi) is 4.68. The van der Waals surface area contributed by atoms with Gasteiger partial charge in [0.25, 0.3) is 0 Å². The molecule has 1 N–H and O–H groups in total. The minimum atomic E-state index is 0.0160. The van der Waals surface area contributed by atoms with E-state index in [0.29, 0.717) is 18.1 Å². The molecular weight excluding hydrogens is 294 g/mol. The molecule has 0 spiro atoms. The predicted octanol–water partition coefficient (Wildman–Crippen LogP) is 0.898. The highest BCUT2D eigenvalue weighted by Gasteiger charge is 2.26. The van der Waals surface area contributed by atoms with Gasteiger partial charge >= 0.3 is 0 Å². The fraction of sp³-hybridized carbons (Fsp3) is 0.667. The Morgan fingerprint density at radius 3 is 3.13 bits per heavy atom. The Morgan fingerprint density at radius 2 is 2.30 bits per heavy atom. The summed E-state index contributed by atoms with van der Waals surface area (Å²) in [5.74, 6) is 1.58. The van der Waals surface area contributed by atoms with Crippen LogP contribution in [0.25, 0.3) is 5.65 Å². The number of carbonyl (C=O) groups excluding carboxylic acids is 1. The van der Waals surface area contributed by atoms with E-state index >= 15 is 0 Å². The molecule has 1 aliphatic heterocycles. The smallest absolute Gasteiger partial charge is 0.224 e. The molecule has 1 saturated heterocycles. The highest BCUT2D eigenvalue weighted by Crippen LogP contribution is 2.21. The lowest BCUT2D eigenvalue weighted by atomic mass is 9.97. The molecule has 1 aliphatic rings. The minimum Gasteiger partial charge on any atom is -0.356 e. The largest absolute Gasteiger partial charge is 0.356 e. The first-order valence-electron chi connectivity index (χ1n) is 8.21. The highest BCUT2D eigenvalue weighted by atomic mass is 16.1. The number of tetrazole rings is 1. The van der Waals surface area contributed by atoms with Crippen LogP contribution in [-0.2, 0) is 4.79 Å². The number of carbonyl (C=O) groups is 1. The van der Waals surface area contributed by atoms with Crippen LogP contribution in [0.5, 0.6) is 0 Å². The van der Waals surface area contributed by atoms with Crippen molar-refractivity contribution < 1.29 is 4.79 Å². The highest BCUT2D eigenvalue weighted by molar-refractivity contribution is 5.79. The first-order valence-corrected chi connectivity index (χ1v) is 8.21. The Morgan fingerprint density at radius 1 is 1.43 bits per heavy atom. The van der Waals surface area contributed by atoms with Gasteiger partial charge in [0.1, 0.15) is 0 Å². The summed E-state index contributed by atoms with van der Waals surface area (Å²) in [6.45, 7) is 6.66. The van der Waals surface area contributed by atoms with Gasteiger partial charge in [-0.1, -0.05) is 13.8 Å². The molecule has 3 rings (SSSR count). The SMILES string of the molecule is CC(C)CCNC(=O)[C@H]1CCCN(c2ccc3nnnn3n2)C1. The summed E-state index contributed by atoms with van der Waals surface area (Å²) < 4.78 is 1.42. The Labute approximate surface area is 135 Å². The average molecular weight is 317 g/mol. The maximum Gasteiger partial charge on any atom is 0.224 e. The monoisotopic (exact) mass is 317 g/mol. The molecule has 8 heteroatoms. The number of fused-ring (bicyclic) bond motifs is 1. The maximum absolute atomic E-state index is 12.3. The van der Waals surface area contributed by atoms with E-state index in [9.17, 15) is 4.79 Å². The molecule has 0 aliphatic carbocycles. The summed E-state index contributed by atoms with van der Waals surface area (Å²) >= 11 is 0. The van der Waals surface area contributed by atoms with Crippen LogP contribution in [0.15, 0.2) is 12.1 Å². The van der Waals surface area contributed by atoms with E-state index in [2.05, 4.69) is 44.7 Å². The van der Waals surface area contributed by atoms with Gasteiger partial charge < -0.3 is 10.2 Å². The standard InChI is InChI=1S/C15H23N7O/c1-11(2)7-8-16-15(23)12-4-3-9-21(10-12)14-6-5-13-17-19-20-22(13)18-14/h5-6,11-12H,3-4,7-10H2,1-2H3,(H,16,23)/t12-/m0/s1. The molecule has 3 heterocycles. The molecule has 2 aromatic heterocycles. The molecule has 2 aromatic rings. The molecule has 0 aromatic carbocycles. The summed E-state index contributed by atoms with van der Waals surface area (Å²) in [7, 11) is 0. The lowest BCUT2D eigenvalue weighted by molar-refractivity contribution is -0.125. The summed E-state index contributed by atoms with van der Waals surface area (Å²) in [6.07, 6.45) is 2.93. The molecule has 23 heavy (non-hydrogen) atoms. The third kappa shape index (κ3) is 3.75. The first kappa shape index (κ1) is 15.6. The van der Waals surface area contributed by atoms with E-state index in [1.165, 1.54) is 4.63 Å². The molecule has 124 valence electrons. The van der Waals surface area contributed by atoms with Crippen molar-refractivity contribution in [1.29, 1.82) is 0 Å². The lowest BCUT2D eigenvalue weighted by Crippen LogP contribution is -2.43. The van der Waals surface area contributed by atoms with Crippen molar-refractivity contribution in [3.05, 3.63) is 12.1 Å². The normalized spacial score (nSPS) is 18.6. The maximum atomic E-state index is 12.3. The van der Waals surface area contributed by atoms with Crippen LogP contribution in [-0.4, -0.2) is 50.8 Å². The first-order chi connectivity index (χ1) is 11.1. The zero-order chi connectivity index (χ0) is 16.2. The second kappa shape index (κ2) is 6.89. The van der Waals surface area contributed by atoms with E-state index in [-0.39, 0.29) is 11.8 Å². The molecule has 1 fully saturated rings. The molecular formula is C15H23N7O. The van der Waals surface area contributed by atoms with Crippen molar-refractivity contribution in [2.75, 3.05) is 24.5 Å². The number of amides is 1. The number of rotatable bonds is 5. The van der Waals surface area contributed by atoms with Crippen LogP contribution < -0.4 is 10.2 Å². The molecule has 0 saturated carbocycles. The van der Waals surface area contributed by atoms with Gasteiger partial charge in [0, 0.05) is 19.6 Å². The van der Waals surface area contributed by atoms with Crippen molar-refractivity contribution in [3.63, 3.8) is 0 Å². The number of hydrogen-bond acceptors (Lipinski definition) is 6. The molecule has 0 bridgehead atoms. The Hall–Kier alpha value is -2.25. The summed E-state index contributed by atoms with van der Waals surface area (Å²) in [5.41, 5.74) is 0.619. The fourth-order valence-corrected chi connectivity index (χ4v) is 2.84. The molecule has 0 radical (unpaired) electrons. The lowest BCUT2D eigenvalue weighted by Gasteiger charge is -2.32. The quantitative estimate of drug-likeness (QED) is 0.881. The van der Waals surface area contributed by atoms with Crippen molar-refractivity contribution in [2.45, 2.75) is 33.1 Å². The van der Waals surface area contributed by atoms with Crippen LogP contribution in [0, 0.1) is 11.8 Å². The van der Waals surface area contributed by atoms with Crippen molar-refractivity contribution in [2.24, 2.45) is 11.8 Å². The van der Waals surface area contributed by atoms with Crippen molar-refractivity contribution in [1.82, 2.24) is 30.6 Å². The zero-order valence-electron chi connectivity index (χ0n) is 13.6. The van der Waals surface area contributed by atoms with Gasteiger partial charge in [-0.05, 0) is 47.7 Å². The number of anilines is 1. The average Bonchev–Trinajstić information content (AvgIpc) is 3.02. The number of piperidine rings is 1. The van der Waals surface area contributed by atoms with Gasteiger partial charge in [0.05, 0.1) is 5.92 Å². The zero-order valence-corrected chi connectivity index (χ0v) is 13.6. The van der Waals surface area contributed by atoms with E-state index in [1.807, 2.05) is 12.1 Å². The number of nitrogens with one attached hydrogen (secondary N) is 1. The Bertz CT molecular complexity index is 669. The van der Waals surface area contributed by atoms with Gasteiger partial charge in [-0.15, -0.1) is 14.8 Å². The third-order valence-electron chi connectivity index (χ3n) is 4.19. The summed E-state index contributed by atoms with van der Waals surface area (Å²) in [6, 6.07) is 3.75. The molecule has 1 amide bonds. The number of hydrogen-bond donors (Lipinski definition) is 1. The number of nitrogens with zero attached hydrogens (tertiary/aromatic N) is 6. The van der Waals surface area contributed by atoms with Gasteiger partial charge in [-0.3, -0.25) is 4.79 Å². The van der Waals surface area contributed by atoms with Gasteiger partial charge in [0.15, 0.2) is 11.5 Å². The van der Waals surface area contributed by atoms with E-state index < -0.39 is 0 Å². The van der Waals surface area contributed by atoms with E-state index in [1.54, 1.807) is 0 Å². The third-order valence-corrected chi connectivity index (χ3v) is 4.19. The summed E-state index contributed by atoms with van der Waals surface area (Å²) in [5, 5.41) is 18.7. The van der Waals surface area contributed by atoms with E-state index in [0.717, 1.165) is 38.2 Å². The van der Waals surface area contributed by atoms with Gasteiger partial charge in [-0.2, -0.15) is 0 Å². The fourth-order valence-electron chi connectivity index (χ4n) is 2.84. The molecule has 0 unspecified atom stereocenters. The van der Waals surface area contributed by atoms with Crippen LogP contribution in [0.3, 0.4) is 0 Å². The van der Waals surface area contributed by atoms with Crippen LogP contribution in [0.4, 0.5) is 5.82 Å². The topological polar surface area (TPSA) is 88.3 Å². The van der Waals surface area contributed by atoms with Crippen molar-refractivity contribution >= 4 is 17.4 Å². The van der Waals surface area contributed by atoms with Crippen LogP contribution >= 0.6 is 0 Å². The second-order valence-corrected chi connectivity index (χ2v) is 6.48. The summed E-state index contributed by atoms with van der Waals surface area (Å²) in [4.78, 5) is 14.5. The Balaban J connectivity index is 1.62. The van der Waals surface area contributed by atoms with Gasteiger partial charge in [0.2, 0.25) is 5.91 Å². The molecule has 1 atom stereocenters. The second-order valence-electron chi connectivity index (χ2n) is 6.48. The van der Waals surface area contributed by atoms with E-state index in [4.69, 9.17) is 0 Å². The predicted molar refractivity (Wildman–Crippen MR) is 86.0 cm³/mol. The minimum absolute atomic E-state index is 0.0160. The molecule has 8 nitrogen and oxygen atoms in total. The van der Waals surface area contributed by atoms with Gasteiger partial charge in [-0.25, -0.2) is 0 Å². The number of aromatic nitrogens is 5. The van der Waals surface area contributed by atoms with Crippen molar-refractivity contribution in [3.8, 4) is 0 Å². The van der Waals surface area contributed by atoms with Crippen LogP contribution in [0.2, 0.25) is 0 Å².